The molecule has 98 valence electrons. The van der Waals surface area contributed by atoms with E-state index in [-0.39, 0.29) is 6.42 Å². The van der Waals surface area contributed by atoms with Crippen LogP contribution in [-0.2, 0) is 9.59 Å². The van der Waals surface area contributed by atoms with Gasteiger partial charge in [0, 0.05) is 6.04 Å². The van der Waals surface area contributed by atoms with Crippen LogP contribution in [0, 0.1) is 5.92 Å². The number of carbonyl (C=O) groups is 2. The average molecular weight is 253 g/mol. The highest BCUT2D eigenvalue weighted by Crippen LogP contribution is 2.24. The molecule has 1 saturated carbocycles. The van der Waals surface area contributed by atoms with Crippen LogP contribution in [0.3, 0.4) is 0 Å². The Bertz CT molecular complexity index is 304. The molecule has 1 fully saturated rings. The van der Waals surface area contributed by atoms with E-state index in [0.29, 0.717) is 25.7 Å². The van der Waals surface area contributed by atoms with Gasteiger partial charge in [-0.15, -0.1) is 0 Å². The summed E-state index contributed by atoms with van der Waals surface area (Å²) in [4.78, 5) is 21.4. The number of alkyl halides is 3. The molecular formula is C10H14F3NO3. The third-order valence-electron chi connectivity index (χ3n) is 2.91. The van der Waals surface area contributed by atoms with Crippen molar-refractivity contribution >= 4 is 11.9 Å². The van der Waals surface area contributed by atoms with E-state index in [1.54, 1.807) is 0 Å². The lowest BCUT2D eigenvalue weighted by molar-refractivity contribution is -0.174. The first-order valence-corrected chi connectivity index (χ1v) is 5.41. The maximum atomic E-state index is 12.0. The lowest BCUT2D eigenvalue weighted by Gasteiger charge is -2.17. The Kier molecular flexibility index (Phi) is 4.36. The van der Waals surface area contributed by atoms with Crippen LogP contribution in [0.25, 0.3) is 0 Å². The van der Waals surface area contributed by atoms with E-state index < -0.39 is 30.0 Å². The largest absolute Gasteiger partial charge is 0.481 e. The smallest absolute Gasteiger partial charge is 0.471 e. The number of hydrogen-bond acceptors (Lipinski definition) is 2. The van der Waals surface area contributed by atoms with Gasteiger partial charge in [0.2, 0.25) is 0 Å². The number of carbonyl (C=O) groups excluding carboxylic acids is 1. The molecule has 1 amide bonds. The predicted molar refractivity (Wildman–Crippen MR) is 52.2 cm³/mol. The third kappa shape index (κ3) is 4.24. The first-order chi connectivity index (χ1) is 7.80. The summed E-state index contributed by atoms with van der Waals surface area (Å²) in [6, 6.07) is -0.575. The Morgan fingerprint density at radius 3 is 2.29 bits per heavy atom. The molecule has 4 nitrogen and oxygen atoms in total. The monoisotopic (exact) mass is 253 g/mol. The van der Waals surface area contributed by atoms with Crippen molar-refractivity contribution in [2.45, 2.75) is 44.3 Å². The highest BCUT2D eigenvalue weighted by atomic mass is 19.4. The first kappa shape index (κ1) is 13.8. The highest BCUT2D eigenvalue weighted by molar-refractivity contribution is 5.81. The minimum absolute atomic E-state index is 0.277. The molecule has 0 spiro atoms. The molecule has 0 aromatic rings. The molecule has 0 heterocycles. The summed E-state index contributed by atoms with van der Waals surface area (Å²) >= 11 is 0. The van der Waals surface area contributed by atoms with Crippen LogP contribution in [0.5, 0.6) is 0 Å². The molecule has 2 atom stereocenters. The fourth-order valence-electron chi connectivity index (χ4n) is 1.96. The zero-order valence-corrected chi connectivity index (χ0v) is 9.09. The molecule has 0 aromatic carbocycles. The quantitative estimate of drug-likeness (QED) is 0.736. The topological polar surface area (TPSA) is 66.4 Å². The van der Waals surface area contributed by atoms with Gasteiger partial charge in [-0.05, 0) is 25.7 Å². The zero-order valence-electron chi connectivity index (χ0n) is 9.09. The van der Waals surface area contributed by atoms with E-state index in [2.05, 4.69) is 0 Å². The van der Waals surface area contributed by atoms with Gasteiger partial charge in [0.15, 0.2) is 0 Å². The van der Waals surface area contributed by atoms with Gasteiger partial charge < -0.3 is 10.4 Å². The molecular weight excluding hydrogens is 239 g/mol. The Labute approximate surface area is 96.2 Å². The van der Waals surface area contributed by atoms with Gasteiger partial charge in [-0.1, -0.05) is 6.42 Å². The SMILES string of the molecule is O=C(O)C1CCCC(NC(=O)C(F)(F)F)CC1. The Hall–Kier alpha value is -1.27. The van der Waals surface area contributed by atoms with Crippen LogP contribution in [0.4, 0.5) is 13.2 Å². The molecule has 0 radical (unpaired) electrons. The van der Waals surface area contributed by atoms with Crippen LogP contribution in [0.1, 0.15) is 32.1 Å². The molecule has 2 N–H and O–H groups in total. The molecule has 0 aromatic heterocycles. The Balaban J connectivity index is 2.47. The second kappa shape index (κ2) is 5.37. The van der Waals surface area contributed by atoms with Crippen molar-refractivity contribution in [2.75, 3.05) is 0 Å². The summed E-state index contributed by atoms with van der Waals surface area (Å²) in [5.41, 5.74) is 0. The summed E-state index contributed by atoms with van der Waals surface area (Å²) in [5.74, 6) is -3.38. The molecule has 17 heavy (non-hydrogen) atoms. The second-order valence-electron chi connectivity index (χ2n) is 4.21. The fraction of sp³-hybridized carbons (Fsp3) is 0.800. The molecule has 0 saturated heterocycles. The number of halogens is 3. The number of carboxylic acid groups (broad SMARTS) is 1. The maximum Gasteiger partial charge on any atom is 0.471 e. The zero-order chi connectivity index (χ0) is 13.1. The molecule has 0 aliphatic heterocycles. The fourth-order valence-corrected chi connectivity index (χ4v) is 1.96. The second-order valence-corrected chi connectivity index (χ2v) is 4.21. The molecule has 1 aliphatic carbocycles. The van der Waals surface area contributed by atoms with Crippen LogP contribution in [-0.4, -0.2) is 29.2 Å². The van der Waals surface area contributed by atoms with E-state index in [1.807, 2.05) is 5.32 Å². The molecule has 1 aliphatic rings. The van der Waals surface area contributed by atoms with Crippen molar-refractivity contribution < 1.29 is 27.9 Å². The summed E-state index contributed by atoms with van der Waals surface area (Å²) in [6.45, 7) is 0. The van der Waals surface area contributed by atoms with Crippen LogP contribution in [0.2, 0.25) is 0 Å². The molecule has 1 rings (SSSR count). The maximum absolute atomic E-state index is 12.0. The van der Waals surface area contributed by atoms with Gasteiger partial charge in [0.1, 0.15) is 0 Å². The molecule has 7 heteroatoms. The number of amides is 1. The summed E-state index contributed by atoms with van der Waals surface area (Å²) in [7, 11) is 0. The van der Waals surface area contributed by atoms with Crippen molar-refractivity contribution in [3.63, 3.8) is 0 Å². The van der Waals surface area contributed by atoms with Gasteiger partial charge in [-0.3, -0.25) is 9.59 Å². The van der Waals surface area contributed by atoms with Gasteiger partial charge >= 0.3 is 18.1 Å². The summed E-state index contributed by atoms with van der Waals surface area (Å²) in [6.07, 6.45) is -2.94. The number of hydrogen-bond donors (Lipinski definition) is 2. The molecule has 0 bridgehead atoms. The lowest BCUT2D eigenvalue weighted by Crippen LogP contribution is -2.42. The summed E-state index contributed by atoms with van der Waals surface area (Å²) < 4.78 is 36.0. The third-order valence-corrected chi connectivity index (χ3v) is 2.91. The molecule has 2 unspecified atom stereocenters. The van der Waals surface area contributed by atoms with Crippen molar-refractivity contribution in [2.24, 2.45) is 5.92 Å². The number of nitrogens with one attached hydrogen (secondary N) is 1. The number of aliphatic carboxylic acids is 1. The van der Waals surface area contributed by atoms with Crippen molar-refractivity contribution in [1.29, 1.82) is 0 Å². The van der Waals surface area contributed by atoms with E-state index in [4.69, 9.17) is 5.11 Å². The number of rotatable bonds is 2. The van der Waals surface area contributed by atoms with Gasteiger partial charge in [0.05, 0.1) is 5.92 Å². The minimum Gasteiger partial charge on any atom is -0.481 e. The Morgan fingerprint density at radius 2 is 1.76 bits per heavy atom. The van der Waals surface area contributed by atoms with Gasteiger partial charge in [0.25, 0.3) is 0 Å². The minimum atomic E-state index is -4.88. The van der Waals surface area contributed by atoms with Crippen LogP contribution in [0.15, 0.2) is 0 Å². The van der Waals surface area contributed by atoms with Gasteiger partial charge in [-0.25, -0.2) is 0 Å². The number of carboxylic acids is 1. The highest BCUT2D eigenvalue weighted by Gasteiger charge is 2.40. The van der Waals surface area contributed by atoms with E-state index in [9.17, 15) is 22.8 Å². The standard InChI is InChI=1S/C10H14F3NO3/c11-10(12,13)9(17)14-7-3-1-2-6(4-5-7)8(15)16/h6-7H,1-5H2,(H,14,17)(H,15,16). The van der Waals surface area contributed by atoms with E-state index in [1.165, 1.54) is 0 Å². The van der Waals surface area contributed by atoms with Crippen LogP contribution >= 0.6 is 0 Å². The van der Waals surface area contributed by atoms with Crippen molar-refractivity contribution in [3.8, 4) is 0 Å². The first-order valence-electron chi connectivity index (χ1n) is 5.41. The van der Waals surface area contributed by atoms with Crippen molar-refractivity contribution in [1.82, 2.24) is 5.32 Å². The van der Waals surface area contributed by atoms with E-state index >= 15 is 0 Å². The van der Waals surface area contributed by atoms with Gasteiger partial charge in [-0.2, -0.15) is 13.2 Å². The van der Waals surface area contributed by atoms with Crippen LogP contribution < -0.4 is 5.32 Å². The Morgan fingerprint density at radius 1 is 1.12 bits per heavy atom. The predicted octanol–water partition coefficient (Wildman–Crippen LogP) is 1.70. The normalized spacial score (nSPS) is 26.1. The summed E-state index contributed by atoms with van der Waals surface area (Å²) in [5, 5.41) is 10.7. The van der Waals surface area contributed by atoms with E-state index in [0.717, 1.165) is 0 Å². The lowest BCUT2D eigenvalue weighted by atomic mass is 10.0. The average Bonchev–Trinajstić information content (AvgIpc) is 2.41. The van der Waals surface area contributed by atoms with Crippen molar-refractivity contribution in [3.05, 3.63) is 0 Å².